The average molecular weight is 871 g/mol. The van der Waals surface area contributed by atoms with Crippen LogP contribution in [0.2, 0.25) is 0 Å². The Morgan fingerprint density at radius 3 is 1.11 bits per heavy atom. The summed E-state index contributed by atoms with van der Waals surface area (Å²) in [5.41, 5.74) is 0. The number of unbranched alkanes of at least 4 members (excludes halogenated alkanes) is 34. The van der Waals surface area contributed by atoms with Crippen LogP contribution in [0.1, 0.15) is 290 Å². The lowest BCUT2D eigenvalue weighted by Crippen LogP contribution is -2.30. The van der Waals surface area contributed by atoms with Gasteiger partial charge in [0.05, 0.1) is 6.61 Å². The molecule has 62 heavy (non-hydrogen) atoms. The maximum absolute atomic E-state index is 12.8. The second kappa shape index (κ2) is 53.5. The van der Waals surface area contributed by atoms with E-state index in [1.54, 1.807) is 0 Å². The van der Waals surface area contributed by atoms with Crippen molar-refractivity contribution < 1.29 is 23.8 Å². The monoisotopic (exact) mass is 871 g/mol. The van der Waals surface area contributed by atoms with Crippen LogP contribution in [0.3, 0.4) is 0 Å². The van der Waals surface area contributed by atoms with Gasteiger partial charge in [0, 0.05) is 19.4 Å². The molecule has 0 aliphatic carbocycles. The Bertz CT molecular complexity index is 986. The summed E-state index contributed by atoms with van der Waals surface area (Å²) < 4.78 is 17.4. The lowest BCUT2D eigenvalue weighted by atomic mass is 10.1. The van der Waals surface area contributed by atoms with Crippen LogP contribution in [0.25, 0.3) is 0 Å². The molecule has 0 aromatic rings. The molecular weight excluding hydrogens is 765 g/mol. The van der Waals surface area contributed by atoms with Gasteiger partial charge in [-0.15, -0.1) is 0 Å². The number of hydrogen-bond donors (Lipinski definition) is 0. The Hall–Kier alpha value is -1.88. The van der Waals surface area contributed by atoms with E-state index < -0.39 is 6.10 Å². The number of allylic oxidation sites excluding steroid dienone is 6. The molecule has 0 saturated carbocycles. The number of carbonyl (C=O) groups excluding carboxylic acids is 2. The molecule has 0 heterocycles. The minimum absolute atomic E-state index is 0.0843. The minimum atomic E-state index is -0.537. The second-order valence-electron chi connectivity index (χ2n) is 18.5. The molecule has 0 aromatic carbocycles. The molecule has 5 heteroatoms. The molecule has 0 spiro atoms. The Balaban J connectivity index is 4.23. The normalized spacial score (nSPS) is 12.4. The molecule has 364 valence electrons. The van der Waals surface area contributed by atoms with Crippen molar-refractivity contribution in [3.8, 4) is 0 Å². The molecule has 0 fully saturated rings. The quantitative estimate of drug-likeness (QED) is 0.0346. The maximum atomic E-state index is 12.8. The molecular formula is C57H106O5. The third-order valence-corrected chi connectivity index (χ3v) is 12.1. The molecule has 1 unspecified atom stereocenters. The van der Waals surface area contributed by atoms with E-state index in [-0.39, 0.29) is 25.2 Å². The molecule has 0 N–H and O–H groups in total. The highest BCUT2D eigenvalue weighted by atomic mass is 16.6. The third-order valence-electron chi connectivity index (χ3n) is 12.1. The molecule has 5 nitrogen and oxygen atoms in total. The van der Waals surface area contributed by atoms with Crippen molar-refractivity contribution in [1.82, 2.24) is 0 Å². The van der Waals surface area contributed by atoms with Crippen molar-refractivity contribution in [2.45, 2.75) is 297 Å². The zero-order valence-corrected chi connectivity index (χ0v) is 41.9. The first-order valence-electron chi connectivity index (χ1n) is 27.5. The number of hydrogen-bond acceptors (Lipinski definition) is 5. The molecule has 0 bridgehead atoms. The average Bonchev–Trinajstić information content (AvgIpc) is 3.27. The smallest absolute Gasteiger partial charge is 0.306 e. The van der Waals surface area contributed by atoms with E-state index in [9.17, 15) is 9.59 Å². The van der Waals surface area contributed by atoms with Crippen molar-refractivity contribution in [1.29, 1.82) is 0 Å². The predicted molar refractivity (Wildman–Crippen MR) is 270 cm³/mol. The molecule has 0 radical (unpaired) electrons. The molecule has 0 saturated heterocycles. The van der Waals surface area contributed by atoms with Crippen LogP contribution in [-0.4, -0.2) is 37.9 Å². The van der Waals surface area contributed by atoms with Gasteiger partial charge in [-0.05, 0) is 77.0 Å². The zero-order chi connectivity index (χ0) is 44.9. The van der Waals surface area contributed by atoms with Gasteiger partial charge in [0.2, 0.25) is 0 Å². The van der Waals surface area contributed by atoms with Crippen molar-refractivity contribution in [3.63, 3.8) is 0 Å². The second-order valence-corrected chi connectivity index (χ2v) is 18.5. The van der Waals surface area contributed by atoms with Gasteiger partial charge in [0.25, 0.3) is 0 Å². The maximum Gasteiger partial charge on any atom is 0.306 e. The van der Waals surface area contributed by atoms with Gasteiger partial charge in [-0.3, -0.25) is 9.59 Å². The molecule has 0 amide bonds. The summed E-state index contributed by atoms with van der Waals surface area (Å²) in [6.45, 7) is 7.83. The van der Waals surface area contributed by atoms with Gasteiger partial charge < -0.3 is 14.2 Å². The van der Waals surface area contributed by atoms with Crippen LogP contribution in [-0.2, 0) is 23.8 Å². The zero-order valence-electron chi connectivity index (χ0n) is 41.9. The fourth-order valence-electron chi connectivity index (χ4n) is 8.01. The lowest BCUT2D eigenvalue weighted by molar-refractivity contribution is -0.163. The fourth-order valence-corrected chi connectivity index (χ4v) is 8.01. The van der Waals surface area contributed by atoms with Gasteiger partial charge in [0.1, 0.15) is 6.61 Å². The first-order chi connectivity index (χ1) is 30.6. The summed E-state index contributed by atoms with van der Waals surface area (Å²) in [4.78, 5) is 25.4. The van der Waals surface area contributed by atoms with Gasteiger partial charge in [0.15, 0.2) is 6.10 Å². The standard InChI is InChI=1S/C57H106O5/c1-4-7-10-13-16-19-22-25-27-29-31-33-35-38-41-44-47-50-56(58)61-54-55(53-60-52-49-46-43-40-37-24-21-18-15-12-9-6-3)62-57(59)51-48-45-42-39-36-34-32-30-28-26-23-20-17-14-11-8-5-2/h16,19,25-28,55H,4-15,17-18,20-24,29-54H2,1-3H3/b19-16-,27-25-,28-26-. The number of carbonyl (C=O) groups is 2. The Morgan fingerprint density at radius 1 is 0.355 bits per heavy atom. The minimum Gasteiger partial charge on any atom is -0.462 e. The van der Waals surface area contributed by atoms with E-state index in [1.165, 1.54) is 212 Å². The van der Waals surface area contributed by atoms with Crippen LogP contribution >= 0.6 is 0 Å². The molecule has 0 aliphatic heterocycles. The Labute approximate surface area is 387 Å². The van der Waals surface area contributed by atoms with Crippen LogP contribution in [0.4, 0.5) is 0 Å². The van der Waals surface area contributed by atoms with Crippen LogP contribution in [0.15, 0.2) is 36.5 Å². The lowest BCUT2D eigenvalue weighted by Gasteiger charge is -2.18. The highest BCUT2D eigenvalue weighted by Gasteiger charge is 2.17. The van der Waals surface area contributed by atoms with E-state index in [0.29, 0.717) is 19.4 Å². The summed E-state index contributed by atoms with van der Waals surface area (Å²) in [5.74, 6) is -0.395. The molecule has 1 atom stereocenters. The fraction of sp³-hybridized carbons (Fsp3) is 0.860. The summed E-state index contributed by atoms with van der Waals surface area (Å²) in [6, 6.07) is 0. The summed E-state index contributed by atoms with van der Waals surface area (Å²) in [5, 5.41) is 0. The Kier molecular flexibility index (Phi) is 51.8. The van der Waals surface area contributed by atoms with Gasteiger partial charge >= 0.3 is 11.9 Å². The van der Waals surface area contributed by atoms with Crippen LogP contribution in [0.5, 0.6) is 0 Å². The van der Waals surface area contributed by atoms with Crippen molar-refractivity contribution in [3.05, 3.63) is 36.5 Å². The van der Waals surface area contributed by atoms with E-state index >= 15 is 0 Å². The first-order valence-corrected chi connectivity index (χ1v) is 27.5. The van der Waals surface area contributed by atoms with Crippen molar-refractivity contribution >= 4 is 11.9 Å². The molecule has 0 aliphatic rings. The number of rotatable bonds is 51. The molecule has 0 rings (SSSR count). The van der Waals surface area contributed by atoms with Gasteiger partial charge in [-0.25, -0.2) is 0 Å². The number of esters is 2. The Morgan fingerprint density at radius 2 is 0.677 bits per heavy atom. The summed E-state index contributed by atoms with van der Waals surface area (Å²) >= 11 is 0. The highest BCUT2D eigenvalue weighted by Crippen LogP contribution is 2.15. The third kappa shape index (κ3) is 50.8. The van der Waals surface area contributed by atoms with E-state index in [1.807, 2.05) is 0 Å². The van der Waals surface area contributed by atoms with Crippen molar-refractivity contribution in [2.24, 2.45) is 0 Å². The van der Waals surface area contributed by atoms with Crippen molar-refractivity contribution in [2.75, 3.05) is 19.8 Å². The first kappa shape index (κ1) is 60.1. The largest absolute Gasteiger partial charge is 0.462 e. The summed E-state index contributed by atoms with van der Waals surface area (Å²) in [6.07, 6.45) is 64.3. The summed E-state index contributed by atoms with van der Waals surface area (Å²) in [7, 11) is 0. The highest BCUT2D eigenvalue weighted by molar-refractivity contribution is 5.70. The van der Waals surface area contributed by atoms with Crippen LogP contribution < -0.4 is 0 Å². The predicted octanol–water partition coefficient (Wildman–Crippen LogP) is 18.6. The SMILES string of the molecule is CCCCC/C=C\C/C=C\CCCCCCCCCC(=O)OCC(COCCCCCCCCCCCCCC)OC(=O)CCCCCCCCC/C=C\CCCCCCCC. The number of ether oxygens (including phenoxy) is 3. The van der Waals surface area contributed by atoms with Gasteiger partial charge in [-0.1, -0.05) is 237 Å². The van der Waals surface area contributed by atoms with Crippen LogP contribution in [0, 0.1) is 0 Å². The van der Waals surface area contributed by atoms with E-state index in [4.69, 9.17) is 14.2 Å². The molecule has 0 aromatic heterocycles. The van der Waals surface area contributed by atoms with E-state index in [0.717, 1.165) is 44.9 Å². The van der Waals surface area contributed by atoms with Gasteiger partial charge in [-0.2, -0.15) is 0 Å². The van der Waals surface area contributed by atoms with E-state index in [2.05, 4.69) is 57.2 Å². The topological polar surface area (TPSA) is 61.8 Å².